The summed E-state index contributed by atoms with van der Waals surface area (Å²) in [6.07, 6.45) is 1.31. The first-order valence-electron chi connectivity index (χ1n) is 7.44. The van der Waals surface area contributed by atoms with E-state index in [-0.39, 0.29) is 0 Å². The third-order valence-corrected chi connectivity index (χ3v) is 5.84. The van der Waals surface area contributed by atoms with Crippen LogP contribution >= 0.6 is 0 Å². The molecule has 2 aromatic carbocycles. The molecule has 0 radical (unpaired) electrons. The molecule has 1 heterocycles. The summed E-state index contributed by atoms with van der Waals surface area (Å²) < 4.78 is 26.1. The van der Waals surface area contributed by atoms with Crippen molar-refractivity contribution in [3.05, 3.63) is 66.0 Å². The van der Waals surface area contributed by atoms with Gasteiger partial charge in [0.25, 0.3) is 0 Å². The Balaban J connectivity index is 2.19. The lowest BCUT2D eigenvalue weighted by Gasteiger charge is -2.10. The number of aromatic nitrogens is 2. The lowest BCUT2D eigenvalue weighted by molar-refractivity contribution is 0.319. The predicted molar refractivity (Wildman–Crippen MR) is 93.1 cm³/mol. The van der Waals surface area contributed by atoms with E-state index < -0.39 is 15.3 Å². The maximum atomic E-state index is 12.5. The van der Waals surface area contributed by atoms with E-state index in [0.717, 1.165) is 5.56 Å². The van der Waals surface area contributed by atoms with E-state index in [0.29, 0.717) is 22.3 Å². The van der Waals surface area contributed by atoms with Gasteiger partial charge in [0.15, 0.2) is 0 Å². The molecule has 0 bridgehead atoms. The first-order chi connectivity index (χ1) is 11.4. The van der Waals surface area contributed by atoms with Gasteiger partial charge in [0, 0.05) is 11.1 Å². The minimum absolute atomic E-state index is 0.368. The highest BCUT2D eigenvalue weighted by Crippen LogP contribution is 2.21. The van der Waals surface area contributed by atoms with Crippen LogP contribution in [-0.2, 0) is 10.0 Å². The number of benzene rings is 2. The van der Waals surface area contributed by atoms with E-state index in [1.54, 1.807) is 32.0 Å². The molecule has 124 valence electrons. The Morgan fingerprint density at radius 3 is 2.46 bits per heavy atom. The Kier molecular flexibility index (Phi) is 4.11. The van der Waals surface area contributed by atoms with Crippen LogP contribution < -0.4 is 0 Å². The summed E-state index contributed by atoms with van der Waals surface area (Å²) in [5.74, 6) is 0. The Labute approximate surface area is 140 Å². The minimum Gasteiger partial charge on any atom is -0.410 e. The molecule has 0 atom stereocenters. The molecule has 0 spiro atoms. The topological polar surface area (TPSA) is 84.5 Å². The highest BCUT2D eigenvalue weighted by Gasteiger charge is 2.21. The van der Waals surface area contributed by atoms with Crippen molar-refractivity contribution in [1.82, 2.24) is 8.96 Å². The van der Waals surface area contributed by atoms with Crippen LogP contribution in [0.3, 0.4) is 0 Å². The van der Waals surface area contributed by atoms with Gasteiger partial charge in [0.2, 0.25) is 10.0 Å². The van der Waals surface area contributed by atoms with Crippen molar-refractivity contribution < 1.29 is 13.6 Å². The fourth-order valence-electron chi connectivity index (χ4n) is 2.44. The fourth-order valence-corrected chi connectivity index (χ4v) is 3.49. The van der Waals surface area contributed by atoms with Gasteiger partial charge < -0.3 is 5.21 Å². The van der Waals surface area contributed by atoms with Crippen molar-refractivity contribution in [3.63, 3.8) is 0 Å². The molecule has 0 aliphatic carbocycles. The van der Waals surface area contributed by atoms with E-state index in [1.165, 1.54) is 10.3 Å². The molecule has 1 aromatic heterocycles. The number of oxime groups is 1. The molecule has 1 N–H and O–H groups in total. The fraction of sp³-hybridized carbons (Fsp3) is 0.176. The zero-order valence-corrected chi connectivity index (χ0v) is 14.1. The number of imidazole rings is 1. The van der Waals surface area contributed by atoms with Gasteiger partial charge in [-0.05, 0) is 26.0 Å². The van der Waals surface area contributed by atoms with Crippen molar-refractivity contribution in [2.75, 3.05) is 0 Å². The maximum Gasteiger partial charge on any atom is 0.242 e. The van der Waals surface area contributed by atoms with Crippen molar-refractivity contribution >= 4 is 26.8 Å². The molecule has 7 heteroatoms. The molecule has 24 heavy (non-hydrogen) atoms. The molecule has 0 aliphatic heterocycles. The Morgan fingerprint density at radius 2 is 1.83 bits per heavy atom. The van der Waals surface area contributed by atoms with Gasteiger partial charge in [0.1, 0.15) is 12.0 Å². The zero-order chi connectivity index (χ0) is 17.3. The van der Waals surface area contributed by atoms with E-state index in [2.05, 4.69) is 10.1 Å². The maximum absolute atomic E-state index is 12.5. The average Bonchev–Trinajstić information content (AvgIpc) is 3.00. The third-order valence-electron chi connectivity index (χ3n) is 3.81. The second-order valence-corrected chi connectivity index (χ2v) is 8.02. The number of fused-ring (bicyclic) bond motifs is 1. The summed E-state index contributed by atoms with van der Waals surface area (Å²) in [5, 5.41) is 12.2. The summed E-state index contributed by atoms with van der Waals surface area (Å²) in [6.45, 7) is 3.24. The van der Waals surface area contributed by atoms with Gasteiger partial charge in [-0.2, -0.15) is 0 Å². The van der Waals surface area contributed by atoms with Gasteiger partial charge >= 0.3 is 0 Å². The van der Waals surface area contributed by atoms with Crippen molar-refractivity contribution in [2.45, 2.75) is 19.1 Å². The van der Waals surface area contributed by atoms with Crippen LogP contribution in [0, 0.1) is 0 Å². The molecule has 0 fully saturated rings. The lowest BCUT2D eigenvalue weighted by atomic mass is 10.0. The summed E-state index contributed by atoms with van der Waals surface area (Å²) in [6, 6.07) is 14.3. The molecule has 6 nitrogen and oxygen atoms in total. The number of hydrogen-bond donors (Lipinski definition) is 1. The van der Waals surface area contributed by atoms with Crippen LogP contribution in [0.5, 0.6) is 0 Å². The number of nitrogens with zero attached hydrogens (tertiary/aromatic N) is 3. The van der Waals surface area contributed by atoms with Crippen LogP contribution in [0.1, 0.15) is 25.0 Å². The second-order valence-electron chi connectivity index (χ2n) is 5.65. The average molecular weight is 343 g/mol. The molecule has 3 rings (SSSR count). The molecule has 0 aliphatic rings. The van der Waals surface area contributed by atoms with Gasteiger partial charge in [-0.15, -0.1) is 0 Å². The molecule has 0 amide bonds. The minimum atomic E-state index is -3.52. The van der Waals surface area contributed by atoms with E-state index in [9.17, 15) is 13.6 Å². The summed E-state index contributed by atoms with van der Waals surface area (Å²) >= 11 is 0. The van der Waals surface area contributed by atoms with Gasteiger partial charge in [0.05, 0.1) is 16.3 Å². The van der Waals surface area contributed by atoms with Crippen LogP contribution in [0.15, 0.2) is 60.0 Å². The molecule has 0 saturated carbocycles. The van der Waals surface area contributed by atoms with E-state index >= 15 is 0 Å². The monoisotopic (exact) mass is 343 g/mol. The second kappa shape index (κ2) is 6.09. The number of hydrogen-bond acceptors (Lipinski definition) is 5. The normalized spacial score (nSPS) is 12.9. The first kappa shape index (κ1) is 16.2. The van der Waals surface area contributed by atoms with Gasteiger partial charge in [-0.25, -0.2) is 17.4 Å². The SMILES string of the molecule is CC(C)S(=O)(=O)n1cnc2ccc(/C(=N/O)c3ccccc3)cc21. The largest absolute Gasteiger partial charge is 0.410 e. The standard InChI is InChI=1S/C17H17N3O3S/c1-12(2)24(22,23)20-11-18-15-9-8-14(10-16(15)20)17(19-21)13-6-4-3-5-7-13/h3-12,21H,1-2H3/b19-17+. The third kappa shape index (κ3) is 2.67. The molecule has 3 aromatic rings. The highest BCUT2D eigenvalue weighted by atomic mass is 32.2. The first-order valence-corrected chi connectivity index (χ1v) is 8.95. The van der Waals surface area contributed by atoms with Crippen LogP contribution in [-0.4, -0.2) is 33.5 Å². The molecule has 0 saturated heterocycles. The van der Waals surface area contributed by atoms with Crippen molar-refractivity contribution in [1.29, 1.82) is 0 Å². The molecular weight excluding hydrogens is 326 g/mol. The van der Waals surface area contributed by atoms with Crippen LogP contribution in [0.4, 0.5) is 0 Å². The van der Waals surface area contributed by atoms with Gasteiger partial charge in [-0.3, -0.25) is 0 Å². The lowest BCUT2D eigenvalue weighted by Crippen LogP contribution is -2.21. The summed E-state index contributed by atoms with van der Waals surface area (Å²) in [5.41, 5.74) is 2.73. The van der Waals surface area contributed by atoms with E-state index in [1.807, 2.05) is 30.3 Å². The number of rotatable bonds is 4. The smallest absolute Gasteiger partial charge is 0.242 e. The van der Waals surface area contributed by atoms with Crippen LogP contribution in [0.25, 0.3) is 11.0 Å². The summed E-state index contributed by atoms with van der Waals surface area (Å²) in [4.78, 5) is 4.15. The van der Waals surface area contributed by atoms with Crippen LogP contribution in [0.2, 0.25) is 0 Å². The Hall–Kier alpha value is -2.67. The zero-order valence-electron chi connectivity index (χ0n) is 13.3. The Morgan fingerprint density at radius 1 is 1.12 bits per heavy atom. The van der Waals surface area contributed by atoms with E-state index in [4.69, 9.17) is 0 Å². The Bertz CT molecular complexity index is 1010. The summed E-state index contributed by atoms with van der Waals surface area (Å²) in [7, 11) is -3.52. The predicted octanol–water partition coefficient (Wildman–Crippen LogP) is 2.85. The molecular formula is C17H17N3O3S. The molecule has 0 unspecified atom stereocenters. The van der Waals surface area contributed by atoms with Crippen molar-refractivity contribution in [3.8, 4) is 0 Å². The van der Waals surface area contributed by atoms with Crippen molar-refractivity contribution in [2.24, 2.45) is 5.16 Å². The quantitative estimate of drug-likeness (QED) is 0.448. The van der Waals surface area contributed by atoms with Gasteiger partial charge in [-0.1, -0.05) is 41.6 Å². The highest BCUT2D eigenvalue weighted by molar-refractivity contribution is 7.90.